The van der Waals surface area contributed by atoms with Gasteiger partial charge in [-0.1, -0.05) is 6.92 Å². The zero-order valence-corrected chi connectivity index (χ0v) is 8.48. The van der Waals surface area contributed by atoms with Gasteiger partial charge in [0.15, 0.2) is 0 Å². The lowest BCUT2D eigenvalue weighted by Gasteiger charge is -2.08. The minimum Gasteiger partial charge on any atom is -0.302 e. The summed E-state index contributed by atoms with van der Waals surface area (Å²) in [6.07, 6.45) is 5.58. The molecule has 0 aliphatic carbocycles. The van der Waals surface area contributed by atoms with E-state index in [9.17, 15) is 0 Å². The van der Waals surface area contributed by atoms with Gasteiger partial charge in [0.05, 0.1) is 12.1 Å². The van der Waals surface area contributed by atoms with E-state index < -0.39 is 0 Å². The number of nitrogens with zero attached hydrogens (tertiary/aromatic N) is 3. The predicted molar refractivity (Wildman–Crippen MR) is 54.5 cm³/mol. The fourth-order valence-electron chi connectivity index (χ4n) is 1.23. The molecule has 1 rings (SSSR count). The molecule has 1 aromatic rings. The van der Waals surface area contributed by atoms with Crippen LogP contribution in [-0.4, -0.2) is 22.4 Å². The van der Waals surface area contributed by atoms with Gasteiger partial charge < -0.3 is 5.32 Å². The van der Waals surface area contributed by atoms with Gasteiger partial charge in [0, 0.05) is 18.9 Å². The Balaban J connectivity index is 2.08. The molecule has 0 saturated heterocycles. The van der Waals surface area contributed by atoms with Crippen molar-refractivity contribution in [3.63, 3.8) is 0 Å². The van der Waals surface area contributed by atoms with E-state index in [4.69, 9.17) is 5.26 Å². The van der Waals surface area contributed by atoms with Crippen LogP contribution in [0.25, 0.3) is 0 Å². The lowest BCUT2D eigenvalue weighted by Crippen LogP contribution is -2.28. The summed E-state index contributed by atoms with van der Waals surface area (Å²) in [4.78, 5) is 0. The van der Waals surface area contributed by atoms with Gasteiger partial charge in [0.25, 0.3) is 0 Å². The third-order valence-corrected chi connectivity index (χ3v) is 2.08. The first kappa shape index (κ1) is 10.7. The van der Waals surface area contributed by atoms with Crippen molar-refractivity contribution in [3.8, 4) is 6.07 Å². The highest BCUT2D eigenvalue weighted by Crippen LogP contribution is 1.91. The lowest BCUT2D eigenvalue weighted by molar-refractivity contribution is 0.515. The van der Waals surface area contributed by atoms with Gasteiger partial charge in [-0.2, -0.15) is 10.4 Å². The molecular weight excluding hydrogens is 176 g/mol. The molecule has 1 atom stereocenters. The smallest absolute Gasteiger partial charge is 0.0950 e. The molecule has 0 aliphatic heterocycles. The number of hydrogen-bond acceptors (Lipinski definition) is 3. The highest BCUT2D eigenvalue weighted by Gasteiger charge is 2.01. The second-order valence-electron chi connectivity index (χ2n) is 3.17. The molecule has 1 N–H and O–H groups in total. The summed E-state index contributed by atoms with van der Waals surface area (Å²) < 4.78 is 1.90. The van der Waals surface area contributed by atoms with Gasteiger partial charge in [-0.25, -0.2) is 0 Å². The summed E-state index contributed by atoms with van der Waals surface area (Å²) in [7, 11) is 0. The summed E-state index contributed by atoms with van der Waals surface area (Å²) in [5.74, 6) is 0. The van der Waals surface area contributed by atoms with Crippen LogP contribution in [0.1, 0.15) is 19.8 Å². The molecule has 0 bridgehead atoms. The van der Waals surface area contributed by atoms with Crippen LogP contribution in [0.3, 0.4) is 0 Å². The molecule has 1 heterocycles. The normalized spacial score (nSPS) is 12.3. The first-order valence-electron chi connectivity index (χ1n) is 4.97. The van der Waals surface area contributed by atoms with Gasteiger partial charge >= 0.3 is 0 Å². The summed E-state index contributed by atoms with van der Waals surface area (Å²) in [6.45, 7) is 3.78. The maximum Gasteiger partial charge on any atom is 0.0950 e. The summed E-state index contributed by atoms with van der Waals surface area (Å²) in [5.41, 5.74) is 0. The average molecular weight is 192 g/mol. The largest absolute Gasteiger partial charge is 0.302 e. The van der Waals surface area contributed by atoms with Crippen LogP contribution in [0.4, 0.5) is 0 Å². The van der Waals surface area contributed by atoms with E-state index in [2.05, 4.69) is 16.5 Å². The number of nitrogens with one attached hydrogen (secondary N) is 1. The SMILES string of the molecule is CCC(C#N)NCCCn1cccn1. The van der Waals surface area contributed by atoms with Gasteiger partial charge in [-0.15, -0.1) is 0 Å². The van der Waals surface area contributed by atoms with Crippen LogP contribution in [0.15, 0.2) is 18.5 Å². The molecule has 14 heavy (non-hydrogen) atoms. The second kappa shape index (κ2) is 6.17. The molecule has 0 aliphatic rings. The molecule has 0 aromatic carbocycles. The second-order valence-corrected chi connectivity index (χ2v) is 3.17. The van der Waals surface area contributed by atoms with E-state index >= 15 is 0 Å². The first-order chi connectivity index (χ1) is 6.86. The van der Waals surface area contributed by atoms with E-state index in [0.29, 0.717) is 0 Å². The van der Waals surface area contributed by atoms with E-state index in [1.807, 2.05) is 23.9 Å². The molecular formula is C10H16N4. The molecule has 1 unspecified atom stereocenters. The predicted octanol–water partition coefficient (Wildman–Crippen LogP) is 1.16. The Bertz CT molecular complexity index is 273. The Hall–Kier alpha value is -1.34. The molecule has 4 heteroatoms. The van der Waals surface area contributed by atoms with Crippen LogP contribution in [-0.2, 0) is 6.54 Å². The van der Waals surface area contributed by atoms with Crippen LogP contribution in [0.5, 0.6) is 0 Å². The molecule has 1 aromatic heterocycles. The Morgan fingerprint density at radius 1 is 1.64 bits per heavy atom. The van der Waals surface area contributed by atoms with Gasteiger partial charge in [0.1, 0.15) is 0 Å². The van der Waals surface area contributed by atoms with Crippen molar-refractivity contribution in [2.45, 2.75) is 32.4 Å². The molecule has 4 nitrogen and oxygen atoms in total. The van der Waals surface area contributed by atoms with Crippen molar-refractivity contribution < 1.29 is 0 Å². The minimum atomic E-state index is -0.00683. The Morgan fingerprint density at radius 3 is 3.07 bits per heavy atom. The van der Waals surface area contributed by atoms with Crippen LogP contribution in [0.2, 0.25) is 0 Å². The molecule has 0 fully saturated rings. The number of nitriles is 1. The van der Waals surface area contributed by atoms with Gasteiger partial charge in [-0.05, 0) is 25.5 Å². The van der Waals surface area contributed by atoms with Gasteiger partial charge in [0.2, 0.25) is 0 Å². The van der Waals surface area contributed by atoms with Crippen molar-refractivity contribution in [3.05, 3.63) is 18.5 Å². The van der Waals surface area contributed by atoms with Crippen molar-refractivity contribution in [1.29, 1.82) is 5.26 Å². The van der Waals surface area contributed by atoms with Crippen molar-refractivity contribution in [1.82, 2.24) is 15.1 Å². The Morgan fingerprint density at radius 2 is 2.50 bits per heavy atom. The van der Waals surface area contributed by atoms with Gasteiger partial charge in [-0.3, -0.25) is 4.68 Å². The molecule has 76 valence electrons. The Kier molecular flexibility index (Phi) is 4.73. The maximum atomic E-state index is 8.68. The van der Waals surface area contributed by atoms with Crippen molar-refractivity contribution >= 4 is 0 Å². The number of aryl methyl sites for hydroxylation is 1. The zero-order valence-electron chi connectivity index (χ0n) is 8.48. The number of aromatic nitrogens is 2. The summed E-state index contributed by atoms with van der Waals surface area (Å²) in [5, 5.41) is 16.0. The fourth-order valence-corrected chi connectivity index (χ4v) is 1.23. The molecule has 0 amide bonds. The summed E-state index contributed by atoms with van der Waals surface area (Å²) in [6, 6.07) is 4.12. The monoisotopic (exact) mass is 192 g/mol. The third kappa shape index (κ3) is 3.58. The first-order valence-corrected chi connectivity index (χ1v) is 4.97. The quantitative estimate of drug-likeness (QED) is 0.688. The number of rotatable bonds is 6. The van der Waals surface area contributed by atoms with Crippen LogP contribution < -0.4 is 5.32 Å². The third-order valence-electron chi connectivity index (χ3n) is 2.08. The van der Waals surface area contributed by atoms with Crippen LogP contribution >= 0.6 is 0 Å². The number of hydrogen-bond donors (Lipinski definition) is 1. The fraction of sp³-hybridized carbons (Fsp3) is 0.600. The van der Waals surface area contributed by atoms with E-state index in [0.717, 1.165) is 25.9 Å². The minimum absolute atomic E-state index is 0.00683. The standard InChI is InChI=1S/C10H16N4/c1-2-10(9-11)12-5-3-7-14-8-4-6-13-14/h4,6,8,10,12H,2-3,5,7H2,1H3. The van der Waals surface area contributed by atoms with Crippen LogP contribution in [0, 0.1) is 11.3 Å². The van der Waals surface area contributed by atoms with E-state index in [-0.39, 0.29) is 6.04 Å². The van der Waals surface area contributed by atoms with E-state index in [1.54, 1.807) is 6.20 Å². The highest BCUT2D eigenvalue weighted by molar-refractivity contribution is 4.88. The zero-order chi connectivity index (χ0) is 10.2. The lowest BCUT2D eigenvalue weighted by atomic mass is 10.2. The average Bonchev–Trinajstić information content (AvgIpc) is 2.71. The highest BCUT2D eigenvalue weighted by atomic mass is 15.3. The van der Waals surface area contributed by atoms with Crippen molar-refractivity contribution in [2.75, 3.05) is 6.54 Å². The maximum absolute atomic E-state index is 8.68. The topological polar surface area (TPSA) is 53.6 Å². The summed E-state index contributed by atoms with van der Waals surface area (Å²) >= 11 is 0. The molecule has 0 spiro atoms. The molecule has 0 radical (unpaired) electrons. The molecule has 0 saturated carbocycles. The van der Waals surface area contributed by atoms with Crippen molar-refractivity contribution in [2.24, 2.45) is 0 Å². The van der Waals surface area contributed by atoms with E-state index in [1.165, 1.54) is 0 Å². The Labute approximate surface area is 84.5 Å².